The first-order valence-corrected chi connectivity index (χ1v) is 8.52. The van der Waals surface area contributed by atoms with Crippen molar-refractivity contribution >= 4 is 0 Å². The van der Waals surface area contributed by atoms with Crippen LogP contribution in [0.4, 0.5) is 0 Å². The van der Waals surface area contributed by atoms with E-state index in [1.807, 2.05) is 0 Å². The maximum atomic E-state index is 2.50. The minimum Gasteiger partial charge on any atom is -0.870 e. The van der Waals surface area contributed by atoms with E-state index in [9.17, 15) is 0 Å². The molecule has 0 aliphatic carbocycles. The van der Waals surface area contributed by atoms with Crippen LogP contribution in [0.15, 0.2) is 0 Å². The van der Waals surface area contributed by atoms with Crippen molar-refractivity contribution in [1.82, 2.24) is 0 Å². The molecule has 0 atom stereocenters. The summed E-state index contributed by atoms with van der Waals surface area (Å²) in [6, 6.07) is 0. The Balaban J connectivity index is 0. The van der Waals surface area contributed by atoms with Crippen LogP contribution in [0.5, 0.6) is 0 Å². The molecule has 0 aromatic rings. The SMILES string of the molecule is CCCCCC[N+](C)(CCCCC)CCCCC.[OH-]. The van der Waals surface area contributed by atoms with Crippen LogP contribution in [0.25, 0.3) is 0 Å². The summed E-state index contributed by atoms with van der Waals surface area (Å²) in [4.78, 5) is 0. The fourth-order valence-corrected chi connectivity index (χ4v) is 2.74. The fourth-order valence-electron chi connectivity index (χ4n) is 2.74. The monoisotopic (exact) mass is 273 g/mol. The predicted molar refractivity (Wildman–Crippen MR) is 85.9 cm³/mol. The van der Waals surface area contributed by atoms with Gasteiger partial charge in [0.1, 0.15) is 0 Å². The molecule has 0 rings (SSSR count). The molecule has 0 unspecified atom stereocenters. The summed E-state index contributed by atoms with van der Waals surface area (Å²) in [5.41, 5.74) is 0. The molecule has 0 aromatic carbocycles. The van der Waals surface area contributed by atoms with Crippen molar-refractivity contribution < 1.29 is 9.96 Å². The zero-order valence-corrected chi connectivity index (χ0v) is 14.1. The van der Waals surface area contributed by atoms with Crippen molar-refractivity contribution in [3.8, 4) is 0 Å². The van der Waals surface area contributed by atoms with Crippen LogP contribution in [0, 0.1) is 0 Å². The lowest BCUT2D eigenvalue weighted by atomic mass is 10.1. The van der Waals surface area contributed by atoms with Crippen LogP contribution in [0.1, 0.15) is 85.0 Å². The normalized spacial score (nSPS) is 11.4. The number of hydrogen-bond donors (Lipinski definition) is 0. The Labute approximate surface area is 122 Å². The van der Waals surface area contributed by atoms with E-state index in [1.165, 1.54) is 88.3 Å². The molecule has 0 saturated heterocycles. The van der Waals surface area contributed by atoms with E-state index >= 15 is 0 Å². The molecule has 0 heterocycles. The van der Waals surface area contributed by atoms with Crippen LogP contribution in [0.2, 0.25) is 0 Å². The number of nitrogens with zero attached hydrogens (tertiary/aromatic N) is 1. The smallest absolute Gasteiger partial charge is 0.0784 e. The molecule has 2 nitrogen and oxygen atoms in total. The molecule has 2 heteroatoms. The second-order valence-electron chi connectivity index (χ2n) is 6.27. The average Bonchev–Trinajstić information content (AvgIpc) is 2.36. The van der Waals surface area contributed by atoms with Crippen molar-refractivity contribution in [3.63, 3.8) is 0 Å². The Kier molecular flexibility index (Phi) is 16.0. The van der Waals surface area contributed by atoms with Crippen molar-refractivity contribution in [2.45, 2.75) is 85.0 Å². The molecule has 0 aromatic heterocycles. The average molecular weight is 274 g/mol. The van der Waals surface area contributed by atoms with Gasteiger partial charge in [-0.25, -0.2) is 0 Å². The highest BCUT2D eigenvalue weighted by Crippen LogP contribution is 2.13. The number of hydrogen-bond acceptors (Lipinski definition) is 1. The minimum absolute atomic E-state index is 0. The molecule has 0 aliphatic rings. The topological polar surface area (TPSA) is 30.0 Å². The van der Waals surface area contributed by atoms with E-state index in [1.54, 1.807) is 0 Å². The van der Waals surface area contributed by atoms with E-state index in [4.69, 9.17) is 0 Å². The van der Waals surface area contributed by atoms with E-state index < -0.39 is 0 Å². The van der Waals surface area contributed by atoms with Gasteiger partial charge < -0.3 is 9.96 Å². The Morgan fingerprint density at radius 2 is 0.842 bits per heavy atom. The third-order valence-electron chi connectivity index (χ3n) is 4.15. The molecular weight excluding hydrogens is 234 g/mol. The van der Waals surface area contributed by atoms with Crippen molar-refractivity contribution in [1.29, 1.82) is 0 Å². The second kappa shape index (κ2) is 14.3. The minimum atomic E-state index is 0. The molecule has 0 saturated carbocycles. The Morgan fingerprint density at radius 3 is 1.21 bits per heavy atom. The highest BCUT2D eigenvalue weighted by molar-refractivity contribution is 4.47. The fraction of sp³-hybridized carbons (Fsp3) is 1.00. The third-order valence-corrected chi connectivity index (χ3v) is 4.15. The van der Waals surface area contributed by atoms with Crippen LogP contribution >= 0.6 is 0 Å². The van der Waals surface area contributed by atoms with Gasteiger partial charge in [0.25, 0.3) is 0 Å². The lowest BCUT2D eigenvalue weighted by molar-refractivity contribution is -0.910. The van der Waals surface area contributed by atoms with Crippen LogP contribution in [-0.4, -0.2) is 36.6 Å². The molecule has 0 aliphatic heterocycles. The summed E-state index contributed by atoms with van der Waals surface area (Å²) in [6.45, 7) is 11.1. The van der Waals surface area contributed by atoms with Gasteiger partial charge >= 0.3 is 0 Å². The Hall–Kier alpha value is -0.0800. The standard InChI is InChI=1S/C17H38N.H2O/c1-5-8-11-14-17-18(4,15-12-9-6-2)16-13-10-7-3;/h5-17H2,1-4H3;1H2/q+1;/p-1. The molecule has 0 fully saturated rings. The predicted octanol–water partition coefficient (Wildman–Crippen LogP) is 5.22. The maximum absolute atomic E-state index is 2.50. The third kappa shape index (κ3) is 12.7. The molecule has 19 heavy (non-hydrogen) atoms. The van der Waals surface area contributed by atoms with Crippen molar-refractivity contribution in [2.24, 2.45) is 0 Å². The van der Waals surface area contributed by atoms with Gasteiger partial charge in [0, 0.05) is 0 Å². The van der Waals surface area contributed by atoms with Crippen LogP contribution in [-0.2, 0) is 0 Å². The van der Waals surface area contributed by atoms with Crippen molar-refractivity contribution in [3.05, 3.63) is 0 Å². The summed E-state index contributed by atoms with van der Waals surface area (Å²) >= 11 is 0. The summed E-state index contributed by atoms with van der Waals surface area (Å²) in [5.74, 6) is 0. The summed E-state index contributed by atoms with van der Waals surface area (Å²) < 4.78 is 1.34. The van der Waals surface area contributed by atoms with E-state index in [0.29, 0.717) is 0 Å². The van der Waals surface area contributed by atoms with Crippen LogP contribution in [0.3, 0.4) is 0 Å². The second-order valence-corrected chi connectivity index (χ2v) is 6.27. The first-order valence-electron chi connectivity index (χ1n) is 8.52. The maximum Gasteiger partial charge on any atom is 0.0784 e. The van der Waals surface area contributed by atoms with E-state index in [2.05, 4.69) is 27.8 Å². The molecule has 0 radical (unpaired) electrons. The van der Waals surface area contributed by atoms with Gasteiger partial charge in [0.2, 0.25) is 0 Å². The molecule has 0 spiro atoms. The zero-order valence-electron chi connectivity index (χ0n) is 14.1. The van der Waals surface area contributed by atoms with Gasteiger partial charge in [-0.15, -0.1) is 0 Å². The van der Waals surface area contributed by atoms with Gasteiger partial charge in [0.15, 0.2) is 0 Å². The number of unbranched alkanes of at least 4 members (excludes halogenated alkanes) is 7. The van der Waals surface area contributed by atoms with Crippen molar-refractivity contribution in [2.75, 3.05) is 26.7 Å². The molecule has 0 bridgehead atoms. The molecule has 118 valence electrons. The van der Waals surface area contributed by atoms with Crippen LogP contribution < -0.4 is 0 Å². The van der Waals surface area contributed by atoms with Gasteiger partial charge in [-0.1, -0.05) is 46.5 Å². The zero-order chi connectivity index (χ0) is 13.7. The van der Waals surface area contributed by atoms with Gasteiger partial charge in [0.05, 0.1) is 26.7 Å². The number of rotatable bonds is 13. The molecule has 1 N–H and O–H groups in total. The Bertz CT molecular complexity index is 161. The lowest BCUT2D eigenvalue weighted by Crippen LogP contribution is -2.46. The van der Waals surface area contributed by atoms with Gasteiger partial charge in [-0.3, -0.25) is 0 Å². The molecular formula is C17H39NO. The first-order chi connectivity index (χ1) is 8.68. The van der Waals surface area contributed by atoms with Gasteiger partial charge in [-0.2, -0.15) is 0 Å². The summed E-state index contributed by atoms with van der Waals surface area (Å²) in [5, 5.41) is 0. The highest BCUT2D eigenvalue weighted by atomic mass is 16.0. The van der Waals surface area contributed by atoms with Gasteiger partial charge in [-0.05, 0) is 38.5 Å². The molecule has 0 amide bonds. The largest absolute Gasteiger partial charge is 0.870 e. The van der Waals surface area contributed by atoms with E-state index in [-0.39, 0.29) is 5.48 Å². The highest BCUT2D eigenvalue weighted by Gasteiger charge is 2.19. The lowest BCUT2D eigenvalue weighted by Gasteiger charge is -2.35. The quantitative estimate of drug-likeness (QED) is 0.334. The summed E-state index contributed by atoms with van der Waals surface area (Å²) in [6.07, 6.45) is 14.0. The van der Waals surface area contributed by atoms with E-state index in [0.717, 1.165) is 0 Å². The number of quaternary nitrogens is 1. The first kappa shape index (κ1) is 21.2. The summed E-state index contributed by atoms with van der Waals surface area (Å²) in [7, 11) is 2.50. The Morgan fingerprint density at radius 1 is 0.526 bits per heavy atom.